The molecule has 1 N–H and O–H groups in total. The lowest BCUT2D eigenvalue weighted by Gasteiger charge is -2.35. The first-order valence-corrected chi connectivity index (χ1v) is 6.35. The number of hydrogen-bond acceptors (Lipinski definition) is 2. The summed E-state index contributed by atoms with van der Waals surface area (Å²) in [5.41, 5.74) is 0. The Hall–Kier alpha value is -1.47. The number of carboxylic acids is 1. The van der Waals surface area contributed by atoms with Crippen LogP contribution in [0.1, 0.15) is 34.1 Å². The van der Waals surface area contributed by atoms with E-state index in [2.05, 4.69) is 0 Å². The molecule has 0 aliphatic heterocycles. The molecule has 20 heavy (non-hydrogen) atoms. The van der Waals surface area contributed by atoms with Gasteiger partial charge in [-0.1, -0.05) is 6.92 Å². The lowest BCUT2D eigenvalue weighted by Crippen LogP contribution is -2.53. The predicted octanol–water partition coefficient (Wildman–Crippen LogP) is 2.56. The molecular formula is C12H21F3N2O3. The number of amides is 2. The molecule has 0 heterocycles. The zero-order chi connectivity index (χ0) is 16.1. The first-order chi connectivity index (χ1) is 8.99. The summed E-state index contributed by atoms with van der Waals surface area (Å²) in [4.78, 5) is 24.6. The van der Waals surface area contributed by atoms with Gasteiger partial charge in [-0.25, -0.2) is 4.79 Å². The Morgan fingerprint density at radius 1 is 1.15 bits per heavy atom. The number of nitrogens with zero attached hydrogens (tertiary/aromatic N) is 2. The monoisotopic (exact) mass is 298 g/mol. The normalized spacial score (nSPS) is 13.2. The van der Waals surface area contributed by atoms with Crippen molar-refractivity contribution in [2.45, 2.75) is 52.4 Å². The number of urea groups is 1. The number of aliphatic carboxylic acids is 1. The van der Waals surface area contributed by atoms with Crippen LogP contribution in [0.3, 0.4) is 0 Å². The van der Waals surface area contributed by atoms with Crippen LogP contribution in [0.2, 0.25) is 0 Å². The SMILES string of the molecule is CCC(C)N(CC(=O)O)C(=O)N(CC(F)(F)F)C(C)C. The summed E-state index contributed by atoms with van der Waals surface area (Å²) < 4.78 is 37.5. The number of halogens is 3. The van der Waals surface area contributed by atoms with Crippen molar-refractivity contribution in [3.05, 3.63) is 0 Å². The van der Waals surface area contributed by atoms with E-state index in [1.165, 1.54) is 13.8 Å². The molecule has 0 fully saturated rings. The highest BCUT2D eigenvalue weighted by Crippen LogP contribution is 2.20. The zero-order valence-electron chi connectivity index (χ0n) is 12.1. The van der Waals surface area contributed by atoms with Crippen molar-refractivity contribution in [2.75, 3.05) is 13.1 Å². The fourth-order valence-corrected chi connectivity index (χ4v) is 1.61. The molecule has 0 saturated heterocycles. The summed E-state index contributed by atoms with van der Waals surface area (Å²) in [6, 6.07) is -2.04. The molecule has 1 atom stereocenters. The average Bonchev–Trinajstić information content (AvgIpc) is 2.29. The van der Waals surface area contributed by atoms with Crippen LogP contribution in [0, 0.1) is 0 Å². The van der Waals surface area contributed by atoms with Gasteiger partial charge >= 0.3 is 18.2 Å². The number of carbonyl (C=O) groups is 2. The Morgan fingerprint density at radius 3 is 1.95 bits per heavy atom. The van der Waals surface area contributed by atoms with Crippen LogP contribution < -0.4 is 0 Å². The van der Waals surface area contributed by atoms with Crippen LogP contribution in [-0.4, -0.2) is 58.3 Å². The highest BCUT2D eigenvalue weighted by molar-refractivity contribution is 5.80. The van der Waals surface area contributed by atoms with Crippen LogP contribution in [0.4, 0.5) is 18.0 Å². The summed E-state index contributed by atoms with van der Waals surface area (Å²) in [7, 11) is 0. The van der Waals surface area contributed by atoms with Gasteiger partial charge < -0.3 is 14.9 Å². The second-order valence-electron chi connectivity index (χ2n) is 4.90. The lowest BCUT2D eigenvalue weighted by atomic mass is 10.2. The molecule has 0 spiro atoms. The molecule has 2 amide bonds. The maximum atomic E-state index is 12.5. The van der Waals surface area contributed by atoms with E-state index in [0.29, 0.717) is 11.3 Å². The molecule has 0 aromatic rings. The van der Waals surface area contributed by atoms with Crippen LogP contribution in [0.15, 0.2) is 0 Å². The number of carboxylic acid groups (broad SMARTS) is 1. The third-order valence-electron chi connectivity index (χ3n) is 2.89. The van der Waals surface area contributed by atoms with Crippen LogP contribution in [0.25, 0.3) is 0 Å². The topological polar surface area (TPSA) is 60.9 Å². The van der Waals surface area contributed by atoms with E-state index >= 15 is 0 Å². The third-order valence-corrected chi connectivity index (χ3v) is 2.89. The molecule has 0 aliphatic carbocycles. The molecule has 118 valence electrons. The fourth-order valence-electron chi connectivity index (χ4n) is 1.61. The van der Waals surface area contributed by atoms with Gasteiger partial charge in [0.2, 0.25) is 0 Å². The van der Waals surface area contributed by atoms with Crippen LogP contribution in [0.5, 0.6) is 0 Å². The number of carbonyl (C=O) groups excluding carboxylic acids is 1. The van der Waals surface area contributed by atoms with E-state index in [-0.39, 0.29) is 0 Å². The largest absolute Gasteiger partial charge is 0.480 e. The molecule has 1 unspecified atom stereocenters. The maximum absolute atomic E-state index is 12.5. The molecular weight excluding hydrogens is 277 g/mol. The number of alkyl halides is 3. The van der Waals surface area contributed by atoms with Gasteiger partial charge in [-0.05, 0) is 27.2 Å². The Balaban J connectivity index is 5.20. The Bertz CT molecular complexity index is 345. The van der Waals surface area contributed by atoms with Gasteiger partial charge in [0.15, 0.2) is 0 Å². The number of hydrogen-bond donors (Lipinski definition) is 1. The summed E-state index contributed by atoms with van der Waals surface area (Å²) in [6.45, 7) is 4.24. The van der Waals surface area contributed by atoms with Gasteiger partial charge in [-0.2, -0.15) is 13.2 Å². The molecule has 0 aromatic heterocycles. The Morgan fingerprint density at radius 2 is 1.65 bits per heavy atom. The standard InChI is InChI=1S/C12H21F3N2O3/c1-5-9(4)16(6-10(18)19)11(20)17(8(2)3)7-12(13,14)15/h8-9H,5-7H2,1-4H3,(H,18,19). The van der Waals surface area contributed by atoms with Gasteiger partial charge in [-0.15, -0.1) is 0 Å². The van der Waals surface area contributed by atoms with Crippen molar-refractivity contribution in [3.8, 4) is 0 Å². The van der Waals surface area contributed by atoms with Crippen LogP contribution >= 0.6 is 0 Å². The molecule has 8 heteroatoms. The average molecular weight is 298 g/mol. The minimum absolute atomic E-state index is 0.451. The quantitative estimate of drug-likeness (QED) is 0.820. The minimum atomic E-state index is -4.52. The maximum Gasteiger partial charge on any atom is 0.406 e. The zero-order valence-corrected chi connectivity index (χ0v) is 12.1. The van der Waals surface area contributed by atoms with Crippen molar-refractivity contribution in [2.24, 2.45) is 0 Å². The molecule has 0 rings (SSSR count). The first kappa shape index (κ1) is 18.5. The minimum Gasteiger partial charge on any atom is -0.480 e. The summed E-state index contributed by atoms with van der Waals surface area (Å²) >= 11 is 0. The molecule has 0 aliphatic rings. The van der Waals surface area contributed by atoms with Crippen LogP contribution in [-0.2, 0) is 4.79 Å². The Labute approximate surface area is 116 Å². The van der Waals surface area contributed by atoms with E-state index in [4.69, 9.17) is 5.11 Å². The van der Waals surface area contributed by atoms with Gasteiger partial charge in [-0.3, -0.25) is 4.79 Å². The Kier molecular flexibility index (Phi) is 6.81. The van der Waals surface area contributed by atoms with E-state index in [1.54, 1.807) is 13.8 Å². The van der Waals surface area contributed by atoms with Crippen molar-refractivity contribution < 1.29 is 27.9 Å². The summed E-state index contributed by atoms with van der Waals surface area (Å²) in [6.07, 6.45) is -4.07. The third kappa shape index (κ3) is 6.12. The van der Waals surface area contributed by atoms with E-state index in [1.807, 2.05) is 0 Å². The van der Waals surface area contributed by atoms with Crippen molar-refractivity contribution in [1.82, 2.24) is 9.80 Å². The first-order valence-electron chi connectivity index (χ1n) is 6.35. The van der Waals surface area contributed by atoms with Crippen molar-refractivity contribution in [1.29, 1.82) is 0 Å². The molecule has 0 radical (unpaired) electrons. The predicted molar refractivity (Wildman–Crippen MR) is 67.4 cm³/mol. The summed E-state index contributed by atoms with van der Waals surface area (Å²) in [5.74, 6) is -1.26. The molecule has 0 saturated carbocycles. The molecule has 0 aromatic carbocycles. The number of rotatable bonds is 6. The van der Waals surface area contributed by atoms with Gasteiger partial charge in [0.25, 0.3) is 0 Å². The van der Waals surface area contributed by atoms with E-state index in [0.717, 1.165) is 4.90 Å². The highest BCUT2D eigenvalue weighted by atomic mass is 19.4. The second kappa shape index (κ2) is 7.35. The molecule has 0 bridgehead atoms. The highest BCUT2D eigenvalue weighted by Gasteiger charge is 2.37. The van der Waals surface area contributed by atoms with E-state index in [9.17, 15) is 22.8 Å². The van der Waals surface area contributed by atoms with Gasteiger partial charge in [0.05, 0.1) is 0 Å². The van der Waals surface area contributed by atoms with Gasteiger partial charge in [0.1, 0.15) is 13.1 Å². The molecule has 5 nitrogen and oxygen atoms in total. The smallest absolute Gasteiger partial charge is 0.406 e. The second-order valence-corrected chi connectivity index (χ2v) is 4.90. The van der Waals surface area contributed by atoms with Crippen molar-refractivity contribution >= 4 is 12.0 Å². The fraction of sp³-hybridized carbons (Fsp3) is 0.833. The lowest BCUT2D eigenvalue weighted by molar-refractivity contribution is -0.145. The van der Waals surface area contributed by atoms with Crippen molar-refractivity contribution in [3.63, 3.8) is 0 Å². The van der Waals surface area contributed by atoms with Gasteiger partial charge in [0, 0.05) is 12.1 Å². The van der Waals surface area contributed by atoms with E-state index < -0.39 is 43.3 Å². The summed E-state index contributed by atoms with van der Waals surface area (Å²) in [5, 5.41) is 8.80.